The average molecular weight is 251 g/mol. The lowest BCUT2D eigenvalue weighted by atomic mass is 10.1. The summed E-state index contributed by atoms with van der Waals surface area (Å²) in [6, 6.07) is 0. The first-order chi connectivity index (χ1) is 8.47. The Balaban J connectivity index is 1.97. The van der Waals surface area contributed by atoms with E-state index in [1.165, 1.54) is 0 Å². The minimum absolute atomic E-state index is 0.00648. The predicted octanol–water partition coefficient (Wildman–Crippen LogP) is 0.345. The molecule has 1 aliphatic rings. The Morgan fingerprint density at radius 2 is 2.28 bits per heavy atom. The molecule has 1 fully saturated rings. The van der Waals surface area contributed by atoms with Crippen LogP contribution < -0.4 is 5.32 Å². The van der Waals surface area contributed by atoms with E-state index >= 15 is 0 Å². The predicted molar refractivity (Wildman–Crippen MR) is 64.8 cm³/mol. The van der Waals surface area contributed by atoms with Crippen LogP contribution in [0.4, 0.5) is 5.95 Å². The zero-order chi connectivity index (χ0) is 13.3. The largest absolute Gasteiger partial charge is 0.345 e. The van der Waals surface area contributed by atoms with E-state index in [-0.39, 0.29) is 36.0 Å². The maximum atomic E-state index is 11.9. The Kier molecular flexibility index (Phi) is 3.31. The fraction of sp³-hybridized carbons (Fsp3) is 0.636. The minimum Gasteiger partial charge on any atom is -0.345 e. The standard InChI is InChI=1S/C11H17N5O2/c1-6(2)9-12-11(15-14-9)13-10(18)7-4-8(17)16(3)5-7/h6-7H,4-5H2,1-3H3,(H2,12,13,14,15,18)/t7-/m1/s1. The van der Waals surface area contributed by atoms with Crippen molar-refractivity contribution in [2.24, 2.45) is 5.92 Å². The Morgan fingerprint density at radius 3 is 2.78 bits per heavy atom. The molecular formula is C11H17N5O2. The highest BCUT2D eigenvalue weighted by molar-refractivity contribution is 5.96. The molecule has 98 valence electrons. The van der Waals surface area contributed by atoms with Crippen LogP contribution >= 0.6 is 0 Å². The van der Waals surface area contributed by atoms with Crippen molar-refractivity contribution in [2.75, 3.05) is 18.9 Å². The van der Waals surface area contributed by atoms with Gasteiger partial charge in [0.15, 0.2) is 0 Å². The number of carbonyl (C=O) groups excluding carboxylic acids is 2. The second kappa shape index (κ2) is 4.75. The van der Waals surface area contributed by atoms with Crippen molar-refractivity contribution in [1.82, 2.24) is 20.1 Å². The molecule has 0 unspecified atom stereocenters. The molecule has 0 saturated carbocycles. The number of nitrogens with zero attached hydrogens (tertiary/aromatic N) is 3. The van der Waals surface area contributed by atoms with Gasteiger partial charge in [-0.2, -0.15) is 4.98 Å². The van der Waals surface area contributed by atoms with Crippen LogP contribution in [0.1, 0.15) is 32.0 Å². The average Bonchev–Trinajstić information content (AvgIpc) is 2.87. The second-order valence-electron chi connectivity index (χ2n) is 4.86. The number of carbonyl (C=O) groups is 2. The van der Waals surface area contributed by atoms with E-state index < -0.39 is 0 Å². The quantitative estimate of drug-likeness (QED) is 0.810. The van der Waals surface area contributed by atoms with Crippen LogP contribution in [0.15, 0.2) is 0 Å². The molecule has 2 N–H and O–H groups in total. The van der Waals surface area contributed by atoms with Gasteiger partial charge in [-0.15, -0.1) is 5.10 Å². The first-order valence-electron chi connectivity index (χ1n) is 5.94. The number of H-pyrrole nitrogens is 1. The topological polar surface area (TPSA) is 91.0 Å². The third kappa shape index (κ3) is 2.49. The summed E-state index contributed by atoms with van der Waals surface area (Å²) in [6.07, 6.45) is 0.254. The van der Waals surface area contributed by atoms with Gasteiger partial charge in [-0.3, -0.25) is 20.0 Å². The van der Waals surface area contributed by atoms with Crippen molar-refractivity contribution in [2.45, 2.75) is 26.2 Å². The number of hydrogen-bond acceptors (Lipinski definition) is 4. The summed E-state index contributed by atoms with van der Waals surface area (Å²) in [4.78, 5) is 29.0. The summed E-state index contributed by atoms with van der Waals surface area (Å²) in [5.41, 5.74) is 0. The third-order valence-corrected chi connectivity index (χ3v) is 3.00. The van der Waals surface area contributed by atoms with Crippen LogP contribution in [-0.4, -0.2) is 45.5 Å². The molecule has 7 heteroatoms. The highest BCUT2D eigenvalue weighted by atomic mass is 16.2. The lowest BCUT2D eigenvalue weighted by molar-refractivity contribution is -0.127. The number of anilines is 1. The minimum atomic E-state index is -0.316. The molecule has 0 radical (unpaired) electrons. The number of likely N-dealkylation sites (tertiary alicyclic amines) is 1. The van der Waals surface area contributed by atoms with Crippen LogP contribution in [0, 0.1) is 5.92 Å². The molecule has 18 heavy (non-hydrogen) atoms. The number of amides is 2. The number of aromatic amines is 1. The van der Waals surface area contributed by atoms with E-state index in [1.807, 2.05) is 13.8 Å². The smallest absolute Gasteiger partial charge is 0.248 e. The lowest BCUT2D eigenvalue weighted by Crippen LogP contribution is -2.26. The van der Waals surface area contributed by atoms with Crippen LogP contribution in [0.3, 0.4) is 0 Å². The van der Waals surface area contributed by atoms with E-state index in [1.54, 1.807) is 11.9 Å². The summed E-state index contributed by atoms with van der Waals surface area (Å²) in [6.45, 7) is 4.42. The van der Waals surface area contributed by atoms with Gasteiger partial charge in [-0.25, -0.2) is 0 Å². The number of rotatable bonds is 3. The van der Waals surface area contributed by atoms with Gasteiger partial charge < -0.3 is 4.90 Å². The maximum Gasteiger partial charge on any atom is 0.248 e. The highest BCUT2D eigenvalue weighted by Gasteiger charge is 2.32. The number of nitrogens with one attached hydrogen (secondary N) is 2. The molecule has 1 aromatic heterocycles. The molecule has 7 nitrogen and oxygen atoms in total. The Bertz CT molecular complexity index is 468. The fourth-order valence-electron chi connectivity index (χ4n) is 1.84. The Morgan fingerprint density at radius 1 is 1.56 bits per heavy atom. The molecule has 0 bridgehead atoms. The summed E-state index contributed by atoms with van der Waals surface area (Å²) in [7, 11) is 1.69. The van der Waals surface area contributed by atoms with Crippen molar-refractivity contribution in [1.29, 1.82) is 0 Å². The number of hydrogen-bond donors (Lipinski definition) is 2. The van der Waals surface area contributed by atoms with Crippen LogP contribution in [-0.2, 0) is 9.59 Å². The van der Waals surface area contributed by atoms with E-state index in [2.05, 4.69) is 20.5 Å². The second-order valence-corrected chi connectivity index (χ2v) is 4.86. The van der Waals surface area contributed by atoms with Crippen LogP contribution in [0.25, 0.3) is 0 Å². The van der Waals surface area contributed by atoms with Crippen molar-refractivity contribution in [3.63, 3.8) is 0 Å². The summed E-state index contributed by atoms with van der Waals surface area (Å²) in [5, 5.41) is 9.31. The zero-order valence-electron chi connectivity index (χ0n) is 10.7. The zero-order valence-corrected chi connectivity index (χ0v) is 10.7. The normalized spacial score (nSPS) is 19.7. The summed E-state index contributed by atoms with van der Waals surface area (Å²) in [5.74, 6) is 0.691. The molecule has 2 rings (SSSR count). The SMILES string of the molecule is CC(C)c1nc(NC(=O)[C@@H]2CC(=O)N(C)C2)n[nH]1. The van der Waals surface area contributed by atoms with Crippen LogP contribution in [0.2, 0.25) is 0 Å². The van der Waals surface area contributed by atoms with Gasteiger partial charge >= 0.3 is 0 Å². The van der Waals surface area contributed by atoms with Crippen LogP contribution in [0.5, 0.6) is 0 Å². The van der Waals surface area contributed by atoms with E-state index in [0.717, 1.165) is 5.82 Å². The van der Waals surface area contributed by atoms with Crippen molar-refractivity contribution < 1.29 is 9.59 Å². The van der Waals surface area contributed by atoms with Gasteiger partial charge in [0.1, 0.15) is 5.82 Å². The molecule has 1 atom stereocenters. The molecule has 1 saturated heterocycles. The Labute approximate surface area is 105 Å². The lowest BCUT2D eigenvalue weighted by Gasteiger charge is -2.08. The third-order valence-electron chi connectivity index (χ3n) is 3.00. The molecule has 1 aliphatic heterocycles. The first kappa shape index (κ1) is 12.5. The molecule has 0 aromatic carbocycles. The van der Waals surface area contributed by atoms with E-state index in [0.29, 0.717) is 6.54 Å². The molecule has 0 aliphatic carbocycles. The van der Waals surface area contributed by atoms with Gasteiger partial charge in [0.05, 0.1) is 5.92 Å². The fourth-order valence-corrected chi connectivity index (χ4v) is 1.84. The van der Waals surface area contributed by atoms with E-state index in [9.17, 15) is 9.59 Å². The first-order valence-corrected chi connectivity index (χ1v) is 5.94. The van der Waals surface area contributed by atoms with Crippen molar-refractivity contribution in [3.05, 3.63) is 5.82 Å². The molecular weight excluding hydrogens is 234 g/mol. The van der Waals surface area contributed by atoms with Crippen molar-refractivity contribution in [3.8, 4) is 0 Å². The van der Waals surface area contributed by atoms with Gasteiger partial charge in [-0.1, -0.05) is 13.8 Å². The van der Waals surface area contributed by atoms with Gasteiger partial charge in [0, 0.05) is 25.9 Å². The van der Waals surface area contributed by atoms with Gasteiger partial charge in [-0.05, 0) is 0 Å². The molecule has 1 aromatic rings. The van der Waals surface area contributed by atoms with Gasteiger partial charge in [0.2, 0.25) is 17.8 Å². The van der Waals surface area contributed by atoms with E-state index in [4.69, 9.17) is 0 Å². The summed E-state index contributed by atoms with van der Waals surface area (Å²) < 4.78 is 0. The maximum absolute atomic E-state index is 11.9. The monoisotopic (exact) mass is 251 g/mol. The Hall–Kier alpha value is -1.92. The highest BCUT2D eigenvalue weighted by Crippen LogP contribution is 2.18. The molecule has 2 amide bonds. The number of aromatic nitrogens is 3. The van der Waals surface area contributed by atoms with Gasteiger partial charge in [0.25, 0.3) is 0 Å². The van der Waals surface area contributed by atoms with Crippen molar-refractivity contribution >= 4 is 17.8 Å². The molecule has 0 spiro atoms. The summed E-state index contributed by atoms with van der Waals surface area (Å²) >= 11 is 0. The molecule has 2 heterocycles.